The lowest BCUT2D eigenvalue weighted by atomic mass is 10.4. The Morgan fingerprint density at radius 3 is 2.67 bits per heavy atom. The van der Waals surface area contributed by atoms with Crippen molar-refractivity contribution < 1.29 is 14.7 Å². The predicted octanol–water partition coefficient (Wildman–Crippen LogP) is -0.368. The van der Waals surface area contributed by atoms with E-state index in [4.69, 9.17) is 5.11 Å². The van der Waals surface area contributed by atoms with Gasteiger partial charge in [0.25, 0.3) is 0 Å². The van der Waals surface area contributed by atoms with Crippen LogP contribution < -0.4 is 5.32 Å². The molecule has 49 valence electrons. The van der Waals surface area contributed by atoms with Gasteiger partial charge in [-0.3, -0.25) is 4.79 Å². The molecule has 0 bridgehead atoms. The Bertz CT molecular complexity index is 150. The Labute approximate surface area is 52.2 Å². The van der Waals surface area contributed by atoms with E-state index in [1.54, 1.807) is 0 Å². The quantitative estimate of drug-likeness (QED) is 0.402. The Balaban J connectivity index is 3.83. The maximum absolute atomic E-state index is 9.84. The van der Waals surface area contributed by atoms with Crippen molar-refractivity contribution in [2.45, 2.75) is 6.92 Å². The van der Waals surface area contributed by atoms with Gasteiger partial charge in [-0.1, -0.05) is 0 Å². The SMILES string of the molecule is CC(=CC(=O)O)N[C]=O. The molecule has 4 heteroatoms. The number of allylic oxidation sites excluding steroid dienone is 1. The first-order chi connectivity index (χ1) is 4.16. The van der Waals surface area contributed by atoms with Crippen molar-refractivity contribution in [2.24, 2.45) is 0 Å². The fourth-order valence-electron chi connectivity index (χ4n) is 0.302. The fourth-order valence-corrected chi connectivity index (χ4v) is 0.302. The van der Waals surface area contributed by atoms with Crippen molar-refractivity contribution in [1.82, 2.24) is 5.32 Å². The summed E-state index contributed by atoms with van der Waals surface area (Å²) in [5.74, 6) is -1.09. The van der Waals surface area contributed by atoms with Crippen LogP contribution in [0.2, 0.25) is 0 Å². The van der Waals surface area contributed by atoms with E-state index in [2.05, 4.69) is 5.32 Å². The highest BCUT2D eigenvalue weighted by Crippen LogP contribution is 1.81. The molecule has 0 aliphatic heterocycles. The topological polar surface area (TPSA) is 66.4 Å². The van der Waals surface area contributed by atoms with Crippen molar-refractivity contribution in [1.29, 1.82) is 0 Å². The molecular weight excluding hydrogens is 122 g/mol. The maximum Gasteiger partial charge on any atom is 0.330 e. The molecule has 0 rings (SSSR count). The third-order valence-corrected chi connectivity index (χ3v) is 0.588. The summed E-state index contributed by atoms with van der Waals surface area (Å²) in [6.07, 6.45) is 2.22. The van der Waals surface area contributed by atoms with Crippen LogP contribution >= 0.6 is 0 Å². The normalized spacial score (nSPS) is 10.6. The Morgan fingerprint density at radius 2 is 2.33 bits per heavy atom. The van der Waals surface area contributed by atoms with E-state index in [1.807, 2.05) is 0 Å². The highest BCUT2D eigenvalue weighted by atomic mass is 16.4. The summed E-state index contributed by atoms with van der Waals surface area (Å²) >= 11 is 0. The van der Waals surface area contributed by atoms with E-state index < -0.39 is 5.97 Å². The zero-order chi connectivity index (χ0) is 7.28. The van der Waals surface area contributed by atoms with E-state index >= 15 is 0 Å². The Morgan fingerprint density at radius 1 is 1.78 bits per heavy atom. The van der Waals surface area contributed by atoms with Gasteiger partial charge in [-0.05, 0) is 6.92 Å². The first-order valence-electron chi connectivity index (χ1n) is 2.21. The van der Waals surface area contributed by atoms with E-state index in [0.717, 1.165) is 6.08 Å². The van der Waals surface area contributed by atoms with Crippen LogP contribution in [-0.2, 0) is 9.59 Å². The lowest BCUT2D eigenvalue weighted by Crippen LogP contribution is -2.08. The van der Waals surface area contributed by atoms with Gasteiger partial charge in [-0.25, -0.2) is 4.79 Å². The van der Waals surface area contributed by atoms with Crippen LogP contribution in [-0.4, -0.2) is 17.5 Å². The van der Waals surface area contributed by atoms with Gasteiger partial charge in [0.1, 0.15) is 0 Å². The number of carboxylic acid groups (broad SMARTS) is 1. The van der Waals surface area contributed by atoms with Gasteiger partial charge in [-0.15, -0.1) is 0 Å². The van der Waals surface area contributed by atoms with E-state index in [0.29, 0.717) is 0 Å². The molecule has 0 aromatic rings. The summed E-state index contributed by atoms with van der Waals surface area (Å²) in [7, 11) is 0. The number of nitrogens with one attached hydrogen (secondary N) is 1. The zero-order valence-electron chi connectivity index (χ0n) is 4.84. The summed E-state index contributed by atoms with van der Waals surface area (Å²) in [5.41, 5.74) is 0.262. The summed E-state index contributed by atoms with van der Waals surface area (Å²) < 4.78 is 0. The molecule has 0 spiro atoms. The van der Waals surface area contributed by atoms with Crippen LogP contribution in [0.5, 0.6) is 0 Å². The van der Waals surface area contributed by atoms with Crippen LogP contribution in [0.15, 0.2) is 11.8 Å². The molecule has 1 amide bonds. The molecule has 0 saturated carbocycles. The average Bonchev–Trinajstić information content (AvgIpc) is 1.63. The number of amides is 1. The molecule has 9 heavy (non-hydrogen) atoms. The standard InChI is InChI=1S/C5H6NO3/c1-4(6-3-7)2-5(8)9/h2H,1H3,(H,6,7)(H,8,9). The second-order valence-corrected chi connectivity index (χ2v) is 1.39. The third kappa shape index (κ3) is 4.53. The van der Waals surface area contributed by atoms with Gasteiger partial charge >= 0.3 is 12.4 Å². The van der Waals surface area contributed by atoms with Crippen LogP contribution in [0.3, 0.4) is 0 Å². The number of carbonyl (C=O) groups is 1. The smallest absolute Gasteiger partial charge is 0.330 e. The van der Waals surface area contributed by atoms with Crippen LogP contribution in [0, 0.1) is 0 Å². The van der Waals surface area contributed by atoms with Gasteiger partial charge < -0.3 is 10.4 Å². The first-order valence-corrected chi connectivity index (χ1v) is 2.21. The molecule has 2 N–H and O–H groups in total. The van der Waals surface area contributed by atoms with Gasteiger partial charge in [0.2, 0.25) is 0 Å². The molecule has 4 nitrogen and oxygen atoms in total. The number of hydrogen-bond donors (Lipinski definition) is 2. The minimum atomic E-state index is -1.09. The fraction of sp³-hybridized carbons (Fsp3) is 0.200. The van der Waals surface area contributed by atoms with E-state index in [-0.39, 0.29) is 5.70 Å². The molecule has 0 aromatic heterocycles. The number of carbonyl (C=O) groups excluding carboxylic acids is 1. The van der Waals surface area contributed by atoms with E-state index in [9.17, 15) is 9.59 Å². The zero-order valence-corrected chi connectivity index (χ0v) is 4.84. The van der Waals surface area contributed by atoms with Gasteiger partial charge in [-0.2, -0.15) is 0 Å². The minimum absolute atomic E-state index is 0.262. The molecule has 0 saturated heterocycles. The summed E-state index contributed by atoms with van der Waals surface area (Å²) in [4.78, 5) is 19.4. The van der Waals surface area contributed by atoms with Crippen molar-refractivity contribution in [3.63, 3.8) is 0 Å². The lowest BCUT2D eigenvalue weighted by molar-refractivity contribution is -0.131. The number of hydrogen-bond acceptors (Lipinski definition) is 2. The van der Waals surface area contributed by atoms with Crippen LogP contribution in [0.4, 0.5) is 0 Å². The maximum atomic E-state index is 9.84. The number of rotatable bonds is 3. The predicted molar refractivity (Wildman–Crippen MR) is 30.2 cm³/mol. The van der Waals surface area contributed by atoms with Crippen molar-refractivity contribution in [2.75, 3.05) is 0 Å². The van der Waals surface area contributed by atoms with Crippen LogP contribution in [0.1, 0.15) is 6.92 Å². The van der Waals surface area contributed by atoms with Crippen LogP contribution in [0.25, 0.3) is 0 Å². The summed E-state index contributed by atoms with van der Waals surface area (Å²) in [6, 6.07) is 0. The lowest BCUT2D eigenvalue weighted by Gasteiger charge is -1.90. The Hall–Kier alpha value is -1.32. The molecule has 0 aromatic carbocycles. The summed E-state index contributed by atoms with van der Waals surface area (Å²) in [5, 5.41) is 10.1. The molecule has 0 aliphatic carbocycles. The molecule has 1 radical (unpaired) electrons. The average molecular weight is 128 g/mol. The summed E-state index contributed by atoms with van der Waals surface area (Å²) in [6.45, 7) is 1.46. The molecule has 0 unspecified atom stereocenters. The van der Waals surface area contributed by atoms with E-state index in [1.165, 1.54) is 13.3 Å². The van der Waals surface area contributed by atoms with Gasteiger partial charge in [0.05, 0.1) is 0 Å². The second-order valence-electron chi connectivity index (χ2n) is 1.39. The molecule has 0 heterocycles. The second kappa shape index (κ2) is 3.65. The number of aliphatic carboxylic acids is 1. The highest BCUT2D eigenvalue weighted by molar-refractivity contribution is 5.80. The number of carboxylic acids is 1. The van der Waals surface area contributed by atoms with Crippen molar-refractivity contribution in [3.05, 3.63) is 11.8 Å². The Kier molecular flexibility index (Phi) is 3.12. The highest BCUT2D eigenvalue weighted by Gasteiger charge is 1.90. The monoisotopic (exact) mass is 128 g/mol. The molecule has 0 aliphatic rings. The molecular formula is C5H6NO3. The van der Waals surface area contributed by atoms with Gasteiger partial charge in [0, 0.05) is 11.8 Å². The van der Waals surface area contributed by atoms with Crippen molar-refractivity contribution >= 4 is 12.4 Å². The first kappa shape index (κ1) is 7.68. The largest absolute Gasteiger partial charge is 0.478 e. The molecule has 0 fully saturated rings. The third-order valence-electron chi connectivity index (χ3n) is 0.588. The van der Waals surface area contributed by atoms with Gasteiger partial charge in [0.15, 0.2) is 0 Å². The van der Waals surface area contributed by atoms with Crippen molar-refractivity contribution in [3.8, 4) is 0 Å². The molecule has 0 atom stereocenters. The minimum Gasteiger partial charge on any atom is -0.478 e.